The van der Waals surface area contributed by atoms with Crippen molar-refractivity contribution in [3.05, 3.63) is 119 Å². The van der Waals surface area contributed by atoms with Gasteiger partial charge in [-0.2, -0.15) is 5.10 Å². The Morgan fingerprint density at radius 3 is 2.36 bits per heavy atom. The third kappa shape index (κ3) is 4.74. The van der Waals surface area contributed by atoms with E-state index in [2.05, 4.69) is 10.6 Å². The lowest BCUT2D eigenvalue weighted by Gasteiger charge is -2.28. The Morgan fingerprint density at radius 1 is 1.00 bits per heavy atom. The Morgan fingerprint density at radius 2 is 1.67 bits per heavy atom. The van der Waals surface area contributed by atoms with Crippen LogP contribution in [0.25, 0.3) is 16.9 Å². The van der Waals surface area contributed by atoms with Gasteiger partial charge in [-0.1, -0.05) is 48.5 Å². The van der Waals surface area contributed by atoms with Crippen molar-refractivity contribution in [3.63, 3.8) is 0 Å². The molecule has 0 saturated heterocycles. The van der Waals surface area contributed by atoms with E-state index < -0.39 is 18.0 Å². The van der Waals surface area contributed by atoms with Gasteiger partial charge in [0, 0.05) is 23.0 Å². The third-order valence-electron chi connectivity index (χ3n) is 5.89. The average molecular weight is 483 g/mol. The number of hydrogen-bond donors (Lipinski definition) is 2. The zero-order valence-electron chi connectivity index (χ0n) is 19.4. The predicted molar refractivity (Wildman–Crippen MR) is 132 cm³/mol. The second-order valence-corrected chi connectivity index (χ2v) is 8.35. The minimum atomic E-state index is -0.834. The molecule has 7 nitrogen and oxygen atoms in total. The van der Waals surface area contributed by atoms with Crippen LogP contribution >= 0.6 is 0 Å². The first-order valence-corrected chi connectivity index (χ1v) is 11.4. The number of rotatable bonds is 6. The zero-order valence-corrected chi connectivity index (χ0v) is 19.4. The number of aromatic nitrogens is 2. The Kier molecular flexibility index (Phi) is 6.32. The molecule has 2 amide bonds. The van der Waals surface area contributed by atoms with Crippen molar-refractivity contribution < 1.29 is 18.7 Å². The van der Waals surface area contributed by atoms with Gasteiger partial charge in [-0.3, -0.25) is 0 Å². The largest absolute Gasteiger partial charge is 0.457 e. The van der Waals surface area contributed by atoms with Gasteiger partial charge in [0.2, 0.25) is 0 Å². The number of allylic oxidation sites excluding steroid dienone is 1. The van der Waals surface area contributed by atoms with Crippen LogP contribution in [0.4, 0.5) is 9.18 Å². The maximum atomic E-state index is 13.7. The van der Waals surface area contributed by atoms with Crippen molar-refractivity contribution in [2.24, 2.45) is 0 Å². The molecule has 2 N–H and O–H groups in total. The van der Waals surface area contributed by atoms with Crippen molar-refractivity contribution >= 4 is 12.0 Å². The van der Waals surface area contributed by atoms with E-state index in [0.717, 1.165) is 11.3 Å². The number of carbonyl (C=O) groups is 2. The first-order chi connectivity index (χ1) is 17.5. The monoisotopic (exact) mass is 482 g/mol. The molecule has 0 saturated carbocycles. The lowest BCUT2D eigenvalue weighted by Crippen LogP contribution is -2.45. The molecule has 1 aliphatic heterocycles. The highest BCUT2D eigenvalue weighted by atomic mass is 19.1. The number of nitrogens with zero attached hydrogens (tertiary/aromatic N) is 2. The fourth-order valence-corrected chi connectivity index (χ4v) is 4.14. The summed E-state index contributed by atoms with van der Waals surface area (Å²) in [6.07, 6.45) is 1.77. The fourth-order valence-electron chi connectivity index (χ4n) is 4.14. The van der Waals surface area contributed by atoms with Crippen molar-refractivity contribution in [2.75, 3.05) is 0 Å². The van der Waals surface area contributed by atoms with Gasteiger partial charge in [0.15, 0.2) is 0 Å². The molecule has 1 aromatic heterocycles. The van der Waals surface area contributed by atoms with Crippen LogP contribution in [0.15, 0.2) is 102 Å². The minimum absolute atomic E-state index is 0.0885. The molecule has 3 aromatic carbocycles. The highest BCUT2D eigenvalue weighted by Gasteiger charge is 2.35. The van der Waals surface area contributed by atoms with Crippen molar-refractivity contribution in [3.8, 4) is 16.9 Å². The van der Waals surface area contributed by atoms with Gasteiger partial charge in [-0.15, -0.1) is 0 Å². The summed E-state index contributed by atoms with van der Waals surface area (Å²) in [6, 6.07) is 23.4. The van der Waals surface area contributed by atoms with Gasteiger partial charge in [-0.25, -0.2) is 18.7 Å². The zero-order chi connectivity index (χ0) is 25.1. The number of halogens is 1. The highest BCUT2D eigenvalue weighted by molar-refractivity contribution is 5.95. The van der Waals surface area contributed by atoms with Gasteiger partial charge in [0.1, 0.15) is 12.4 Å². The minimum Gasteiger partial charge on any atom is -0.457 e. The first-order valence-electron chi connectivity index (χ1n) is 11.4. The summed E-state index contributed by atoms with van der Waals surface area (Å²) in [6.45, 7) is 1.75. The summed E-state index contributed by atoms with van der Waals surface area (Å²) >= 11 is 0. The molecule has 0 radical (unpaired) electrons. The SMILES string of the molecule is CC1=C(C(=O)OCc2ccccc2)C(c2cn(-c3ccccc3)nc2-c2ccc(F)cc2)NC(=O)N1. The van der Waals surface area contributed by atoms with Crippen molar-refractivity contribution in [1.82, 2.24) is 20.4 Å². The van der Waals surface area contributed by atoms with E-state index in [1.807, 2.05) is 60.7 Å². The first kappa shape index (κ1) is 23.0. The molecule has 1 unspecified atom stereocenters. The van der Waals surface area contributed by atoms with Crippen molar-refractivity contribution in [1.29, 1.82) is 0 Å². The van der Waals surface area contributed by atoms with Crippen LogP contribution in [0.3, 0.4) is 0 Å². The number of urea groups is 1. The van der Waals surface area contributed by atoms with E-state index in [9.17, 15) is 14.0 Å². The number of benzene rings is 3. The van der Waals surface area contributed by atoms with E-state index in [1.54, 1.807) is 29.9 Å². The number of hydrogen-bond acceptors (Lipinski definition) is 4. The van der Waals surface area contributed by atoms with Gasteiger partial charge in [0.25, 0.3) is 0 Å². The number of ether oxygens (including phenoxy) is 1. The molecule has 0 bridgehead atoms. The topological polar surface area (TPSA) is 85.2 Å². The molecule has 1 aliphatic rings. The molecule has 0 fully saturated rings. The summed E-state index contributed by atoms with van der Waals surface area (Å²) in [7, 11) is 0. The van der Waals surface area contributed by atoms with Crippen LogP contribution in [0.1, 0.15) is 24.1 Å². The number of carbonyl (C=O) groups excluding carboxylic acids is 2. The third-order valence-corrected chi connectivity index (χ3v) is 5.89. The number of nitrogens with one attached hydrogen (secondary N) is 2. The Balaban J connectivity index is 1.57. The molecular formula is C28H23FN4O3. The maximum absolute atomic E-state index is 13.7. The van der Waals surface area contributed by atoms with Gasteiger partial charge >= 0.3 is 12.0 Å². The van der Waals surface area contributed by atoms with Gasteiger partial charge < -0.3 is 15.4 Å². The quantitative estimate of drug-likeness (QED) is 0.377. The van der Waals surface area contributed by atoms with E-state index >= 15 is 0 Å². The molecule has 36 heavy (non-hydrogen) atoms. The average Bonchev–Trinajstić information content (AvgIpc) is 3.34. The number of para-hydroxylation sites is 1. The van der Waals surface area contributed by atoms with Gasteiger partial charge in [-0.05, 0) is 48.9 Å². The van der Waals surface area contributed by atoms with Crippen LogP contribution in [0.5, 0.6) is 0 Å². The summed E-state index contributed by atoms with van der Waals surface area (Å²) in [5.74, 6) is -0.940. The molecular weight excluding hydrogens is 459 g/mol. The van der Waals surface area contributed by atoms with E-state index in [0.29, 0.717) is 22.5 Å². The summed E-state index contributed by atoms with van der Waals surface area (Å²) < 4.78 is 20.9. The summed E-state index contributed by atoms with van der Waals surface area (Å²) in [4.78, 5) is 25.8. The standard InChI is InChI=1S/C28H23FN4O3/c1-18-24(27(34)36-17-19-8-4-2-5-9-19)26(31-28(35)30-18)23-16-33(22-10-6-3-7-11-22)32-25(23)20-12-14-21(29)15-13-20/h2-16,26H,17H2,1H3,(H2,30,31,35). The second kappa shape index (κ2) is 9.87. The van der Waals surface area contributed by atoms with Gasteiger partial charge in [0.05, 0.1) is 23.0 Å². The van der Waals surface area contributed by atoms with E-state index in [4.69, 9.17) is 9.84 Å². The molecule has 4 aromatic rings. The van der Waals surface area contributed by atoms with Crippen LogP contribution in [-0.4, -0.2) is 21.8 Å². The fraction of sp³-hybridized carbons (Fsp3) is 0.107. The summed E-state index contributed by atoms with van der Waals surface area (Å²) in [5.41, 5.74) is 4.02. The maximum Gasteiger partial charge on any atom is 0.338 e. The smallest absolute Gasteiger partial charge is 0.338 e. The Labute approximate surface area is 207 Å². The Bertz CT molecular complexity index is 1430. The molecule has 180 valence electrons. The molecule has 2 heterocycles. The normalized spacial score (nSPS) is 15.3. The van der Waals surface area contributed by atoms with Crippen LogP contribution in [0, 0.1) is 5.82 Å². The van der Waals surface area contributed by atoms with Crippen molar-refractivity contribution in [2.45, 2.75) is 19.6 Å². The summed E-state index contributed by atoms with van der Waals surface area (Å²) in [5, 5.41) is 10.2. The van der Waals surface area contributed by atoms with E-state index in [-0.39, 0.29) is 18.0 Å². The second-order valence-electron chi connectivity index (χ2n) is 8.35. The predicted octanol–water partition coefficient (Wildman–Crippen LogP) is 5.05. The lowest BCUT2D eigenvalue weighted by atomic mass is 9.94. The van der Waals surface area contributed by atoms with Crippen LogP contribution in [0.2, 0.25) is 0 Å². The molecule has 8 heteroatoms. The number of amides is 2. The molecule has 0 aliphatic carbocycles. The lowest BCUT2D eigenvalue weighted by molar-refractivity contribution is -0.140. The van der Waals surface area contributed by atoms with E-state index in [1.165, 1.54) is 12.1 Å². The highest BCUT2D eigenvalue weighted by Crippen LogP contribution is 2.35. The van der Waals surface area contributed by atoms with Crippen LogP contribution < -0.4 is 10.6 Å². The Hall–Kier alpha value is -4.72. The number of esters is 1. The van der Waals surface area contributed by atoms with Crippen LogP contribution in [-0.2, 0) is 16.1 Å². The molecule has 0 spiro atoms. The molecule has 1 atom stereocenters. The molecule has 5 rings (SSSR count).